The van der Waals surface area contributed by atoms with E-state index in [9.17, 15) is 0 Å². The Hall–Kier alpha value is -0.0400. The number of rotatable bonds is 7. The summed E-state index contributed by atoms with van der Waals surface area (Å²) in [5.41, 5.74) is 0. The fraction of sp³-hybridized carbons (Fsp3) is 1.00. The van der Waals surface area contributed by atoms with E-state index in [1.165, 1.54) is 51.4 Å². The van der Waals surface area contributed by atoms with Crippen LogP contribution in [0.25, 0.3) is 0 Å². The van der Waals surface area contributed by atoms with Gasteiger partial charge in [0.25, 0.3) is 0 Å². The molecular weight excluding hydrogens is 232 g/mol. The van der Waals surface area contributed by atoms with Crippen LogP contribution in [0.2, 0.25) is 0 Å². The van der Waals surface area contributed by atoms with Gasteiger partial charge in [-0.15, -0.1) is 0 Å². The van der Waals surface area contributed by atoms with Crippen LogP contribution in [-0.4, -0.2) is 13.2 Å². The molecule has 2 rings (SSSR count). The van der Waals surface area contributed by atoms with Gasteiger partial charge in [-0.25, -0.2) is 0 Å². The van der Waals surface area contributed by atoms with Crippen LogP contribution >= 0.6 is 0 Å². The van der Waals surface area contributed by atoms with Crippen molar-refractivity contribution in [3.8, 4) is 0 Å². The highest BCUT2D eigenvalue weighted by molar-refractivity contribution is 4.79. The fourth-order valence-corrected chi connectivity index (χ4v) is 4.34. The zero-order chi connectivity index (χ0) is 13.3. The van der Waals surface area contributed by atoms with E-state index in [0.717, 1.165) is 31.0 Å². The van der Waals surface area contributed by atoms with Gasteiger partial charge in [-0.3, -0.25) is 0 Å². The zero-order valence-electron chi connectivity index (χ0n) is 13.0. The second kappa shape index (κ2) is 9.00. The summed E-state index contributed by atoms with van der Waals surface area (Å²) in [5, 5.41) is 0. The van der Waals surface area contributed by atoms with Crippen molar-refractivity contribution in [2.75, 3.05) is 13.2 Å². The van der Waals surface area contributed by atoms with Crippen LogP contribution in [0, 0.1) is 17.8 Å². The number of hydrogen-bond acceptors (Lipinski definition) is 1. The summed E-state index contributed by atoms with van der Waals surface area (Å²) in [6.45, 7) is 3.95. The van der Waals surface area contributed by atoms with E-state index in [1.807, 2.05) is 0 Å². The Morgan fingerprint density at radius 3 is 2.16 bits per heavy atom. The lowest BCUT2D eigenvalue weighted by Gasteiger charge is -2.36. The largest absolute Gasteiger partial charge is 0.382 e. The molecule has 0 aromatic heterocycles. The van der Waals surface area contributed by atoms with Gasteiger partial charge in [0.2, 0.25) is 0 Å². The first-order chi connectivity index (χ1) is 9.40. The molecule has 0 radical (unpaired) electrons. The van der Waals surface area contributed by atoms with Gasteiger partial charge in [0.15, 0.2) is 0 Å². The Labute approximate surface area is 120 Å². The highest BCUT2D eigenvalue weighted by Crippen LogP contribution is 2.40. The number of hydrogen-bond donors (Lipinski definition) is 0. The summed E-state index contributed by atoms with van der Waals surface area (Å²) in [6.07, 6.45) is 17.9. The molecule has 0 aliphatic heterocycles. The summed E-state index contributed by atoms with van der Waals surface area (Å²) >= 11 is 0. The van der Waals surface area contributed by atoms with Crippen LogP contribution in [0.3, 0.4) is 0 Å². The fourth-order valence-electron chi connectivity index (χ4n) is 4.34. The van der Waals surface area contributed by atoms with E-state index in [0.29, 0.717) is 0 Å². The van der Waals surface area contributed by atoms with E-state index >= 15 is 0 Å². The zero-order valence-corrected chi connectivity index (χ0v) is 13.0. The monoisotopic (exact) mass is 266 g/mol. The Bertz CT molecular complexity index is 212. The van der Waals surface area contributed by atoms with Crippen LogP contribution < -0.4 is 0 Å². The summed E-state index contributed by atoms with van der Waals surface area (Å²) in [4.78, 5) is 0. The maximum atomic E-state index is 5.42. The average molecular weight is 266 g/mol. The minimum atomic E-state index is 0.881. The van der Waals surface area contributed by atoms with Crippen LogP contribution in [0.4, 0.5) is 0 Å². The quantitative estimate of drug-likeness (QED) is 0.547. The minimum Gasteiger partial charge on any atom is -0.382 e. The Morgan fingerprint density at radius 2 is 1.47 bits per heavy atom. The predicted octanol–water partition coefficient (Wildman–Crippen LogP) is 5.58. The van der Waals surface area contributed by atoms with Gasteiger partial charge in [-0.1, -0.05) is 57.8 Å². The van der Waals surface area contributed by atoms with E-state index in [4.69, 9.17) is 4.74 Å². The van der Waals surface area contributed by atoms with E-state index in [-0.39, 0.29) is 0 Å². The Kier molecular flexibility index (Phi) is 7.27. The van der Waals surface area contributed by atoms with Gasteiger partial charge >= 0.3 is 0 Å². The second-order valence-electron chi connectivity index (χ2n) is 6.87. The molecule has 19 heavy (non-hydrogen) atoms. The summed E-state index contributed by atoms with van der Waals surface area (Å²) in [6, 6.07) is 0. The lowest BCUT2D eigenvalue weighted by atomic mass is 9.70. The molecule has 1 nitrogen and oxygen atoms in total. The van der Waals surface area contributed by atoms with Crippen molar-refractivity contribution >= 4 is 0 Å². The van der Waals surface area contributed by atoms with Gasteiger partial charge in [0, 0.05) is 13.2 Å². The van der Waals surface area contributed by atoms with Crippen LogP contribution in [0.5, 0.6) is 0 Å². The molecule has 0 aromatic rings. The predicted molar refractivity (Wildman–Crippen MR) is 82.4 cm³/mol. The van der Waals surface area contributed by atoms with Crippen molar-refractivity contribution in [2.45, 2.75) is 84.0 Å². The molecule has 0 aromatic carbocycles. The Morgan fingerprint density at radius 1 is 0.789 bits per heavy atom. The van der Waals surface area contributed by atoms with Crippen molar-refractivity contribution in [2.24, 2.45) is 17.8 Å². The highest BCUT2D eigenvalue weighted by atomic mass is 16.5. The third kappa shape index (κ3) is 5.45. The molecule has 0 unspecified atom stereocenters. The van der Waals surface area contributed by atoms with Gasteiger partial charge in [0.1, 0.15) is 0 Å². The van der Waals surface area contributed by atoms with Crippen LogP contribution in [0.1, 0.15) is 84.0 Å². The maximum absolute atomic E-state index is 5.42. The molecule has 0 amide bonds. The van der Waals surface area contributed by atoms with Crippen molar-refractivity contribution in [1.29, 1.82) is 0 Å². The molecule has 112 valence electrons. The molecule has 0 atom stereocenters. The topological polar surface area (TPSA) is 9.23 Å². The SMILES string of the molecule is CCOCCCCC1CCC(C2CCCCC2)CC1. The van der Waals surface area contributed by atoms with E-state index in [1.54, 1.807) is 25.7 Å². The van der Waals surface area contributed by atoms with Crippen LogP contribution in [0.15, 0.2) is 0 Å². The molecule has 0 heterocycles. The lowest BCUT2D eigenvalue weighted by molar-refractivity contribution is 0.136. The first-order valence-electron chi connectivity index (χ1n) is 8.98. The molecule has 1 heteroatoms. The average Bonchev–Trinajstić information content (AvgIpc) is 2.49. The van der Waals surface area contributed by atoms with Crippen molar-refractivity contribution < 1.29 is 4.74 Å². The Balaban J connectivity index is 1.54. The van der Waals surface area contributed by atoms with Crippen molar-refractivity contribution in [3.63, 3.8) is 0 Å². The first kappa shape index (κ1) is 15.4. The molecule has 2 aliphatic carbocycles. The molecule has 2 fully saturated rings. The smallest absolute Gasteiger partial charge is 0.0465 e. The normalized spacial score (nSPS) is 29.5. The third-order valence-electron chi connectivity index (χ3n) is 5.56. The maximum Gasteiger partial charge on any atom is 0.0465 e. The molecule has 2 saturated carbocycles. The van der Waals surface area contributed by atoms with Gasteiger partial charge < -0.3 is 4.74 Å². The summed E-state index contributed by atoms with van der Waals surface area (Å²) in [5.74, 6) is 3.24. The lowest BCUT2D eigenvalue weighted by Crippen LogP contribution is -2.23. The standard InChI is InChI=1S/C18H34O/c1-2-19-15-7-6-8-16-11-13-18(14-12-16)17-9-4-3-5-10-17/h16-18H,2-15H2,1H3. The van der Waals surface area contributed by atoms with Crippen LogP contribution in [-0.2, 0) is 4.74 Å². The molecule has 0 spiro atoms. The van der Waals surface area contributed by atoms with Crippen molar-refractivity contribution in [1.82, 2.24) is 0 Å². The van der Waals surface area contributed by atoms with Crippen molar-refractivity contribution in [3.05, 3.63) is 0 Å². The molecule has 2 aliphatic rings. The number of ether oxygens (including phenoxy) is 1. The molecule has 0 bridgehead atoms. The third-order valence-corrected chi connectivity index (χ3v) is 5.56. The second-order valence-corrected chi connectivity index (χ2v) is 6.87. The van der Waals surface area contributed by atoms with E-state index in [2.05, 4.69) is 6.92 Å². The van der Waals surface area contributed by atoms with Gasteiger partial charge in [-0.2, -0.15) is 0 Å². The first-order valence-corrected chi connectivity index (χ1v) is 8.98. The molecule has 0 N–H and O–H groups in total. The molecule has 0 saturated heterocycles. The minimum absolute atomic E-state index is 0.881. The molecular formula is C18H34O. The van der Waals surface area contributed by atoms with Gasteiger partial charge in [0.05, 0.1) is 0 Å². The highest BCUT2D eigenvalue weighted by Gasteiger charge is 2.28. The summed E-state index contributed by atoms with van der Waals surface area (Å²) < 4.78 is 5.42. The summed E-state index contributed by atoms with van der Waals surface area (Å²) in [7, 11) is 0. The van der Waals surface area contributed by atoms with Gasteiger partial charge in [-0.05, 0) is 43.9 Å². The van der Waals surface area contributed by atoms with E-state index < -0.39 is 0 Å². The number of unbranched alkanes of at least 4 members (excludes halogenated alkanes) is 1.